The van der Waals surface area contributed by atoms with Crippen LogP contribution in [-0.2, 0) is 17.6 Å². The van der Waals surface area contributed by atoms with Gasteiger partial charge in [0.15, 0.2) is 5.13 Å². The standard InChI is InChI=1S/C32H34N6O3S2/c1-20-28(43-30(34-20)21-9-11-33-12-10-21)31(40)38-13-3-6-26(38)22-4-2-5-23(18-22)29(39)36-32-35-25-8-7-24(19-27(25)42-32)37-14-16-41-17-15-37/h2,4-5,9-12,18,24,26H,3,6-8,13-17,19H2,1H3,(H,35,36,39). The number of aromatic nitrogens is 3. The summed E-state index contributed by atoms with van der Waals surface area (Å²) in [5.74, 6) is -0.176. The number of hydrogen-bond acceptors (Lipinski definition) is 9. The number of morpholine rings is 1. The highest BCUT2D eigenvalue weighted by Gasteiger charge is 2.33. The maximum atomic E-state index is 13.8. The molecule has 1 aromatic carbocycles. The molecule has 0 radical (unpaired) electrons. The summed E-state index contributed by atoms with van der Waals surface area (Å²) in [5.41, 5.74) is 4.36. The van der Waals surface area contributed by atoms with Crippen molar-refractivity contribution in [2.24, 2.45) is 0 Å². The number of likely N-dealkylation sites (tertiary alicyclic amines) is 1. The maximum Gasteiger partial charge on any atom is 0.266 e. The first-order chi connectivity index (χ1) is 21.0. The van der Waals surface area contributed by atoms with Crippen molar-refractivity contribution in [3.05, 3.63) is 81.1 Å². The topological polar surface area (TPSA) is 101 Å². The first kappa shape index (κ1) is 28.3. The summed E-state index contributed by atoms with van der Waals surface area (Å²) >= 11 is 3.02. The highest BCUT2D eigenvalue weighted by atomic mass is 32.1. The average Bonchev–Trinajstić information content (AvgIpc) is 3.79. The second-order valence-corrected chi connectivity index (χ2v) is 13.4. The van der Waals surface area contributed by atoms with Gasteiger partial charge in [-0.3, -0.25) is 24.8 Å². The third-order valence-corrected chi connectivity index (χ3v) is 10.9. The summed E-state index contributed by atoms with van der Waals surface area (Å²) in [6, 6.07) is 11.9. The van der Waals surface area contributed by atoms with Crippen LogP contribution in [0.4, 0.5) is 5.13 Å². The highest BCUT2D eigenvalue weighted by Crippen LogP contribution is 2.37. The van der Waals surface area contributed by atoms with Crippen LogP contribution in [0, 0.1) is 6.92 Å². The third-order valence-electron chi connectivity index (χ3n) is 8.66. The van der Waals surface area contributed by atoms with E-state index in [-0.39, 0.29) is 17.9 Å². The lowest BCUT2D eigenvalue weighted by Gasteiger charge is -2.36. The van der Waals surface area contributed by atoms with Crippen LogP contribution in [0.25, 0.3) is 10.6 Å². The molecule has 2 fully saturated rings. The molecule has 0 spiro atoms. The molecule has 1 N–H and O–H groups in total. The number of nitrogens with zero attached hydrogens (tertiary/aromatic N) is 5. The number of ether oxygens (including phenoxy) is 1. The molecule has 2 amide bonds. The number of benzene rings is 1. The Morgan fingerprint density at radius 1 is 1.02 bits per heavy atom. The van der Waals surface area contributed by atoms with E-state index in [1.165, 1.54) is 16.2 Å². The number of carbonyl (C=O) groups is 2. The molecule has 43 heavy (non-hydrogen) atoms. The molecule has 11 heteroatoms. The zero-order valence-electron chi connectivity index (χ0n) is 24.1. The van der Waals surface area contributed by atoms with Crippen molar-refractivity contribution < 1.29 is 14.3 Å². The van der Waals surface area contributed by atoms with Gasteiger partial charge in [-0.05, 0) is 68.9 Å². The van der Waals surface area contributed by atoms with Crippen LogP contribution >= 0.6 is 22.7 Å². The predicted molar refractivity (Wildman–Crippen MR) is 168 cm³/mol. The van der Waals surface area contributed by atoms with Crippen LogP contribution < -0.4 is 5.32 Å². The Balaban J connectivity index is 1.04. The lowest BCUT2D eigenvalue weighted by Crippen LogP contribution is -2.45. The highest BCUT2D eigenvalue weighted by molar-refractivity contribution is 7.17. The van der Waals surface area contributed by atoms with Gasteiger partial charge < -0.3 is 9.64 Å². The lowest BCUT2D eigenvalue weighted by molar-refractivity contribution is 0.0139. The Labute approximate surface area is 259 Å². The number of thiazole rings is 2. The fraction of sp³-hybridized carbons (Fsp3) is 0.406. The molecule has 3 aliphatic rings. The first-order valence-electron chi connectivity index (χ1n) is 14.9. The van der Waals surface area contributed by atoms with E-state index in [4.69, 9.17) is 9.72 Å². The first-order valence-corrected chi connectivity index (χ1v) is 16.6. The summed E-state index contributed by atoms with van der Waals surface area (Å²) in [5, 5.41) is 4.53. The van der Waals surface area contributed by atoms with Crippen LogP contribution in [0.2, 0.25) is 0 Å². The van der Waals surface area contributed by atoms with E-state index < -0.39 is 0 Å². The van der Waals surface area contributed by atoms with Crippen molar-refractivity contribution in [2.45, 2.75) is 51.1 Å². The van der Waals surface area contributed by atoms with Crippen LogP contribution in [0.1, 0.15) is 67.2 Å². The minimum atomic E-state index is -0.172. The van der Waals surface area contributed by atoms with Crippen LogP contribution in [0.15, 0.2) is 48.8 Å². The van der Waals surface area contributed by atoms with E-state index in [1.807, 2.05) is 48.2 Å². The average molecular weight is 615 g/mol. The van der Waals surface area contributed by atoms with Crippen LogP contribution in [-0.4, -0.2) is 75.5 Å². The Bertz CT molecular complexity index is 1630. The van der Waals surface area contributed by atoms with Gasteiger partial charge in [-0.1, -0.05) is 12.1 Å². The zero-order chi connectivity index (χ0) is 29.3. The molecule has 2 unspecified atom stereocenters. The molecule has 0 saturated carbocycles. The normalized spacial score (nSPS) is 20.6. The number of carbonyl (C=O) groups excluding carboxylic acids is 2. The van der Waals surface area contributed by atoms with Gasteiger partial charge in [0, 0.05) is 54.1 Å². The quantitative estimate of drug-likeness (QED) is 0.311. The van der Waals surface area contributed by atoms with Crippen LogP contribution in [0.5, 0.6) is 0 Å². The molecule has 5 heterocycles. The Morgan fingerprint density at radius 3 is 2.70 bits per heavy atom. The van der Waals surface area contributed by atoms with Crippen molar-refractivity contribution in [2.75, 3.05) is 38.2 Å². The monoisotopic (exact) mass is 614 g/mol. The fourth-order valence-electron chi connectivity index (χ4n) is 6.42. The second-order valence-electron chi connectivity index (χ2n) is 11.3. The Hall–Kier alpha value is -3.51. The number of nitrogens with one attached hydrogen (secondary N) is 1. The van der Waals surface area contributed by atoms with E-state index in [2.05, 4.69) is 20.2 Å². The van der Waals surface area contributed by atoms with Crippen LogP contribution in [0.3, 0.4) is 0 Å². The van der Waals surface area contributed by atoms with Gasteiger partial charge in [0.2, 0.25) is 0 Å². The zero-order valence-corrected chi connectivity index (χ0v) is 25.8. The number of aryl methyl sites for hydroxylation is 2. The van der Waals surface area contributed by atoms with Crippen molar-refractivity contribution in [3.63, 3.8) is 0 Å². The summed E-state index contributed by atoms with van der Waals surface area (Å²) in [4.78, 5) is 47.1. The summed E-state index contributed by atoms with van der Waals surface area (Å²) < 4.78 is 5.53. The smallest absolute Gasteiger partial charge is 0.266 e. The molecule has 7 rings (SSSR count). The van der Waals surface area contributed by atoms with Gasteiger partial charge in [-0.2, -0.15) is 0 Å². The predicted octanol–water partition coefficient (Wildman–Crippen LogP) is 5.39. The van der Waals surface area contributed by atoms with Gasteiger partial charge in [0.05, 0.1) is 30.6 Å². The van der Waals surface area contributed by atoms with Crippen molar-refractivity contribution >= 4 is 39.6 Å². The molecule has 9 nitrogen and oxygen atoms in total. The van der Waals surface area contributed by atoms with Gasteiger partial charge >= 0.3 is 0 Å². The van der Waals surface area contributed by atoms with E-state index in [0.29, 0.717) is 28.2 Å². The molecule has 2 saturated heterocycles. The summed E-state index contributed by atoms with van der Waals surface area (Å²) in [7, 11) is 0. The van der Waals surface area contributed by atoms with Crippen molar-refractivity contribution in [1.29, 1.82) is 0 Å². The number of anilines is 1. The molecule has 1 aliphatic carbocycles. The lowest BCUT2D eigenvalue weighted by atomic mass is 9.96. The second kappa shape index (κ2) is 12.2. The molecular weight excluding hydrogens is 581 g/mol. The molecule has 3 aromatic heterocycles. The SMILES string of the molecule is Cc1nc(-c2ccncc2)sc1C(=O)N1CCCC1c1cccc(C(=O)Nc2nc3c(s2)CC(N2CCOCC2)CC3)c1. The van der Waals surface area contributed by atoms with E-state index in [1.54, 1.807) is 23.7 Å². The van der Waals surface area contributed by atoms with Crippen molar-refractivity contribution in [1.82, 2.24) is 24.8 Å². The van der Waals surface area contributed by atoms with Gasteiger partial charge in [-0.25, -0.2) is 9.97 Å². The summed E-state index contributed by atoms with van der Waals surface area (Å²) in [6.07, 6.45) is 8.25. The molecule has 222 valence electrons. The minimum absolute atomic E-state index is 0.00332. The number of fused-ring (bicyclic) bond motifs is 1. The van der Waals surface area contributed by atoms with Crippen molar-refractivity contribution in [3.8, 4) is 10.6 Å². The van der Waals surface area contributed by atoms with E-state index in [0.717, 1.165) is 85.9 Å². The van der Waals surface area contributed by atoms with Gasteiger partial charge in [0.1, 0.15) is 9.88 Å². The maximum absolute atomic E-state index is 13.8. The Kier molecular flexibility index (Phi) is 8.05. The molecule has 4 aromatic rings. The summed E-state index contributed by atoms with van der Waals surface area (Å²) in [6.45, 7) is 6.15. The Morgan fingerprint density at radius 2 is 1.86 bits per heavy atom. The number of amides is 2. The molecule has 2 aliphatic heterocycles. The fourth-order valence-corrected chi connectivity index (χ4v) is 8.52. The van der Waals surface area contributed by atoms with E-state index in [9.17, 15) is 9.59 Å². The largest absolute Gasteiger partial charge is 0.379 e. The number of pyridine rings is 1. The molecule has 0 bridgehead atoms. The van der Waals surface area contributed by atoms with Gasteiger partial charge in [-0.15, -0.1) is 22.7 Å². The van der Waals surface area contributed by atoms with Gasteiger partial charge in [0.25, 0.3) is 11.8 Å². The molecular formula is C32H34N6O3S2. The third kappa shape index (κ3) is 5.86. The number of hydrogen-bond donors (Lipinski definition) is 1. The molecule has 2 atom stereocenters. The van der Waals surface area contributed by atoms with E-state index >= 15 is 0 Å². The number of rotatable bonds is 6. The minimum Gasteiger partial charge on any atom is -0.379 e.